The highest BCUT2D eigenvalue weighted by Crippen LogP contribution is 2.14. The number of ether oxygens (including phenoxy) is 1. The standard InChI is InChI=1S/C10H18N2O4/c1-10(2,3)16-9(15)11-12-6-4-5-7(12)8(13)14/h7H,4-6H2,1-3H3,(H,11,15)(H,13,14)/p-1/t7-/m1/s1. The molecular formula is C10H17N2O4-. The van der Waals surface area contributed by atoms with E-state index in [9.17, 15) is 14.7 Å². The summed E-state index contributed by atoms with van der Waals surface area (Å²) < 4.78 is 5.02. The molecule has 1 saturated heterocycles. The van der Waals surface area contributed by atoms with Crippen LogP contribution in [0.3, 0.4) is 0 Å². The minimum Gasteiger partial charge on any atom is -0.548 e. The van der Waals surface area contributed by atoms with Crippen molar-refractivity contribution in [3.63, 3.8) is 0 Å². The van der Waals surface area contributed by atoms with Gasteiger partial charge in [0, 0.05) is 6.54 Å². The lowest BCUT2D eigenvalue weighted by Crippen LogP contribution is -2.53. The fourth-order valence-corrected chi connectivity index (χ4v) is 1.56. The van der Waals surface area contributed by atoms with Gasteiger partial charge in [0.05, 0.1) is 12.0 Å². The number of carboxylic acid groups (broad SMARTS) is 1. The Morgan fingerprint density at radius 2 is 2.06 bits per heavy atom. The molecule has 0 aromatic rings. The number of hydrogen-bond acceptors (Lipinski definition) is 5. The molecule has 1 N–H and O–H groups in total. The molecule has 0 bridgehead atoms. The summed E-state index contributed by atoms with van der Waals surface area (Å²) in [6, 6.07) is -0.757. The van der Waals surface area contributed by atoms with Crippen molar-refractivity contribution in [2.24, 2.45) is 0 Å². The van der Waals surface area contributed by atoms with E-state index in [1.165, 1.54) is 5.01 Å². The van der Waals surface area contributed by atoms with Gasteiger partial charge in [0.1, 0.15) is 5.60 Å². The number of carbonyl (C=O) groups excluding carboxylic acids is 2. The summed E-state index contributed by atoms with van der Waals surface area (Å²) in [6.45, 7) is 5.73. The monoisotopic (exact) mass is 229 g/mol. The van der Waals surface area contributed by atoms with E-state index in [1.54, 1.807) is 20.8 Å². The fourth-order valence-electron chi connectivity index (χ4n) is 1.56. The lowest BCUT2D eigenvalue weighted by atomic mass is 10.2. The van der Waals surface area contributed by atoms with Crippen LogP contribution in [-0.2, 0) is 9.53 Å². The van der Waals surface area contributed by atoms with E-state index in [-0.39, 0.29) is 0 Å². The van der Waals surface area contributed by atoms with Gasteiger partial charge in [-0.1, -0.05) is 0 Å². The Hall–Kier alpha value is -1.30. The maximum Gasteiger partial charge on any atom is 0.422 e. The molecular weight excluding hydrogens is 212 g/mol. The number of nitrogens with zero attached hydrogens (tertiary/aromatic N) is 1. The average molecular weight is 229 g/mol. The molecule has 0 aromatic carbocycles. The molecule has 0 aromatic heterocycles. The first-order valence-electron chi connectivity index (χ1n) is 5.27. The maximum atomic E-state index is 11.4. The van der Waals surface area contributed by atoms with E-state index in [0.717, 1.165) is 0 Å². The third-order valence-corrected chi connectivity index (χ3v) is 2.16. The summed E-state index contributed by atoms with van der Waals surface area (Å²) >= 11 is 0. The molecule has 6 nitrogen and oxygen atoms in total. The van der Waals surface area contributed by atoms with Gasteiger partial charge in [0.2, 0.25) is 0 Å². The van der Waals surface area contributed by atoms with E-state index >= 15 is 0 Å². The summed E-state index contributed by atoms with van der Waals surface area (Å²) in [5.74, 6) is -1.17. The summed E-state index contributed by atoms with van der Waals surface area (Å²) in [6.07, 6.45) is 0.563. The number of hydrazine groups is 1. The minimum atomic E-state index is -1.17. The SMILES string of the molecule is CC(C)(C)OC(=O)NN1CCC[C@@H]1C(=O)[O-]. The van der Waals surface area contributed by atoms with E-state index in [1.807, 2.05) is 0 Å². The normalized spacial score (nSPS) is 21.8. The molecule has 6 heteroatoms. The Morgan fingerprint density at radius 1 is 1.44 bits per heavy atom. The van der Waals surface area contributed by atoms with Crippen LogP contribution in [0.1, 0.15) is 33.6 Å². The first-order chi connectivity index (χ1) is 7.29. The predicted octanol–water partition coefficient (Wildman–Crippen LogP) is -0.360. The van der Waals surface area contributed by atoms with Gasteiger partial charge >= 0.3 is 6.09 Å². The maximum absolute atomic E-state index is 11.4. The van der Waals surface area contributed by atoms with Crippen molar-refractivity contribution in [1.82, 2.24) is 10.4 Å². The zero-order valence-electron chi connectivity index (χ0n) is 9.78. The molecule has 1 rings (SSSR count). The molecule has 1 atom stereocenters. The first-order valence-corrected chi connectivity index (χ1v) is 5.27. The van der Waals surface area contributed by atoms with Crippen molar-refractivity contribution in [3.8, 4) is 0 Å². The molecule has 0 aliphatic carbocycles. The molecule has 1 amide bonds. The van der Waals surface area contributed by atoms with E-state index in [0.29, 0.717) is 19.4 Å². The molecule has 92 valence electrons. The quantitative estimate of drug-likeness (QED) is 0.699. The summed E-state index contributed by atoms with van der Waals surface area (Å²) in [7, 11) is 0. The van der Waals surface area contributed by atoms with Crippen LogP contribution in [0.5, 0.6) is 0 Å². The van der Waals surface area contributed by atoms with Crippen molar-refractivity contribution in [3.05, 3.63) is 0 Å². The zero-order valence-corrected chi connectivity index (χ0v) is 9.78. The van der Waals surface area contributed by atoms with Crippen LogP contribution < -0.4 is 10.5 Å². The third kappa shape index (κ3) is 3.69. The molecule has 0 saturated carbocycles. The topological polar surface area (TPSA) is 81.7 Å². The van der Waals surface area contributed by atoms with Gasteiger partial charge in [-0.2, -0.15) is 0 Å². The van der Waals surface area contributed by atoms with Crippen LogP contribution in [0.15, 0.2) is 0 Å². The van der Waals surface area contributed by atoms with Gasteiger partial charge < -0.3 is 14.6 Å². The highest BCUT2D eigenvalue weighted by Gasteiger charge is 2.28. The molecule has 0 radical (unpaired) electrons. The van der Waals surface area contributed by atoms with Crippen molar-refractivity contribution in [2.75, 3.05) is 6.54 Å². The Morgan fingerprint density at radius 3 is 2.56 bits per heavy atom. The molecule has 1 heterocycles. The second kappa shape index (κ2) is 4.69. The lowest BCUT2D eigenvalue weighted by molar-refractivity contribution is -0.311. The molecule has 0 spiro atoms. The minimum absolute atomic E-state index is 0.484. The number of hydrogen-bond donors (Lipinski definition) is 1. The average Bonchev–Trinajstić information content (AvgIpc) is 2.47. The first kappa shape index (κ1) is 12.8. The molecule has 0 unspecified atom stereocenters. The summed E-state index contributed by atoms with van der Waals surface area (Å²) in [5.41, 5.74) is 1.82. The van der Waals surface area contributed by atoms with Crippen LogP contribution in [0, 0.1) is 0 Å². The summed E-state index contributed by atoms with van der Waals surface area (Å²) in [4.78, 5) is 22.1. The number of carboxylic acids is 1. The van der Waals surface area contributed by atoms with Gasteiger partial charge in [-0.05, 0) is 33.6 Å². The largest absolute Gasteiger partial charge is 0.548 e. The van der Waals surface area contributed by atoms with Gasteiger partial charge in [-0.3, -0.25) is 5.43 Å². The molecule has 16 heavy (non-hydrogen) atoms. The Kier molecular flexibility index (Phi) is 3.74. The van der Waals surface area contributed by atoms with Crippen LogP contribution in [0.4, 0.5) is 4.79 Å². The van der Waals surface area contributed by atoms with Gasteiger partial charge in [-0.25, -0.2) is 9.80 Å². The number of nitrogens with one attached hydrogen (secondary N) is 1. The highest BCUT2D eigenvalue weighted by atomic mass is 16.6. The number of carbonyl (C=O) groups is 2. The fraction of sp³-hybridized carbons (Fsp3) is 0.800. The Labute approximate surface area is 94.5 Å². The molecule has 1 aliphatic rings. The van der Waals surface area contributed by atoms with Gasteiger partial charge in [0.25, 0.3) is 0 Å². The van der Waals surface area contributed by atoms with Gasteiger partial charge in [0.15, 0.2) is 0 Å². The van der Waals surface area contributed by atoms with Crippen LogP contribution in [0.2, 0.25) is 0 Å². The van der Waals surface area contributed by atoms with Crippen LogP contribution in [-0.4, -0.2) is 35.3 Å². The highest BCUT2D eigenvalue weighted by molar-refractivity contribution is 5.73. The lowest BCUT2D eigenvalue weighted by Gasteiger charge is -2.27. The van der Waals surface area contributed by atoms with Crippen LogP contribution >= 0.6 is 0 Å². The van der Waals surface area contributed by atoms with Gasteiger partial charge in [-0.15, -0.1) is 0 Å². The van der Waals surface area contributed by atoms with Crippen molar-refractivity contribution in [2.45, 2.75) is 45.3 Å². The number of aliphatic carboxylic acids is 1. The van der Waals surface area contributed by atoms with Crippen molar-refractivity contribution >= 4 is 12.1 Å². The number of amides is 1. The molecule has 1 fully saturated rings. The smallest absolute Gasteiger partial charge is 0.422 e. The molecule has 1 aliphatic heterocycles. The van der Waals surface area contributed by atoms with Crippen LogP contribution in [0.25, 0.3) is 0 Å². The Balaban J connectivity index is 2.47. The predicted molar refractivity (Wildman–Crippen MR) is 54.1 cm³/mol. The van der Waals surface area contributed by atoms with Crippen molar-refractivity contribution in [1.29, 1.82) is 0 Å². The second-order valence-corrected chi connectivity index (χ2v) is 4.78. The van der Waals surface area contributed by atoms with E-state index in [2.05, 4.69) is 5.43 Å². The van der Waals surface area contributed by atoms with Crippen molar-refractivity contribution < 1.29 is 19.4 Å². The summed E-state index contributed by atoms with van der Waals surface area (Å²) in [5, 5.41) is 12.1. The zero-order chi connectivity index (χ0) is 12.3. The Bertz CT molecular complexity index is 285. The number of rotatable bonds is 2. The van der Waals surface area contributed by atoms with E-state index in [4.69, 9.17) is 4.74 Å². The second-order valence-electron chi connectivity index (χ2n) is 4.78. The van der Waals surface area contributed by atoms with E-state index < -0.39 is 23.7 Å². The third-order valence-electron chi connectivity index (χ3n) is 2.16.